The van der Waals surface area contributed by atoms with E-state index in [4.69, 9.17) is 11.6 Å². The van der Waals surface area contributed by atoms with Gasteiger partial charge < -0.3 is 9.55 Å². The quantitative estimate of drug-likeness (QED) is 0.569. The Morgan fingerprint density at radius 1 is 1.16 bits per heavy atom. The van der Waals surface area contributed by atoms with Crippen LogP contribution in [-0.2, 0) is 7.05 Å². The first-order valence-electron chi connectivity index (χ1n) is 7.69. The summed E-state index contributed by atoms with van der Waals surface area (Å²) in [6, 6.07) is 15.4. The number of aromatic amines is 1. The van der Waals surface area contributed by atoms with E-state index in [9.17, 15) is 4.79 Å². The molecule has 0 spiro atoms. The molecule has 2 heterocycles. The molecule has 4 aromatic rings. The zero-order chi connectivity index (χ0) is 17.4. The standard InChI is InChI=1S/C19H14ClN3OS/c1-23-10-9-21-19(23)25-17-16(12-5-3-2-4-6-12)14-11-13(20)7-8-15(14)22-18(17)24/h2-11H,1H3,(H,22,24). The van der Waals surface area contributed by atoms with E-state index >= 15 is 0 Å². The number of pyridine rings is 1. The summed E-state index contributed by atoms with van der Waals surface area (Å²) < 4.78 is 1.89. The van der Waals surface area contributed by atoms with Gasteiger partial charge in [-0.1, -0.05) is 41.9 Å². The van der Waals surface area contributed by atoms with Crippen LogP contribution >= 0.6 is 23.4 Å². The number of fused-ring (bicyclic) bond motifs is 1. The van der Waals surface area contributed by atoms with Crippen molar-refractivity contribution in [1.29, 1.82) is 0 Å². The highest BCUT2D eigenvalue weighted by atomic mass is 35.5. The molecule has 0 fully saturated rings. The minimum absolute atomic E-state index is 0.137. The van der Waals surface area contributed by atoms with E-state index in [1.54, 1.807) is 12.3 Å². The molecule has 2 aromatic heterocycles. The fourth-order valence-corrected chi connectivity index (χ4v) is 3.92. The van der Waals surface area contributed by atoms with Crippen LogP contribution in [0.25, 0.3) is 22.0 Å². The third-order valence-corrected chi connectivity index (χ3v) is 5.37. The second-order valence-corrected chi connectivity index (χ2v) is 7.05. The molecule has 0 atom stereocenters. The molecule has 0 aliphatic rings. The van der Waals surface area contributed by atoms with Crippen LogP contribution in [0.15, 0.2) is 75.8 Å². The summed E-state index contributed by atoms with van der Waals surface area (Å²) in [6.07, 6.45) is 3.58. The lowest BCUT2D eigenvalue weighted by molar-refractivity contribution is 0.790. The predicted octanol–water partition coefficient (Wildman–Crippen LogP) is 4.73. The lowest BCUT2D eigenvalue weighted by Crippen LogP contribution is -2.11. The van der Waals surface area contributed by atoms with E-state index in [0.717, 1.165) is 27.2 Å². The number of aryl methyl sites for hydroxylation is 1. The SMILES string of the molecule is Cn1ccnc1Sc1c(-c2ccccc2)c2cc(Cl)ccc2[nH]c1=O. The smallest absolute Gasteiger partial charge is 0.263 e. The van der Waals surface area contributed by atoms with Gasteiger partial charge in [-0.05, 0) is 35.5 Å². The van der Waals surface area contributed by atoms with Gasteiger partial charge in [0.1, 0.15) is 0 Å². The molecule has 0 saturated carbocycles. The summed E-state index contributed by atoms with van der Waals surface area (Å²) in [4.78, 5) is 20.7. The maximum absolute atomic E-state index is 12.8. The van der Waals surface area contributed by atoms with Crippen LogP contribution in [0, 0.1) is 0 Å². The summed E-state index contributed by atoms with van der Waals surface area (Å²) in [5.74, 6) is 0. The van der Waals surface area contributed by atoms with Gasteiger partial charge in [-0.2, -0.15) is 0 Å². The van der Waals surface area contributed by atoms with Gasteiger partial charge in [-0.3, -0.25) is 4.79 Å². The molecular formula is C19H14ClN3OS. The van der Waals surface area contributed by atoms with Crippen LogP contribution in [0.3, 0.4) is 0 Å². The minimum Gasteiger partial charge on any atom is -0.329 e. The molecule has 0 unspecified atom stereocenters. The molecule has 6 heteroatoms. The van der Waals surface area contributed by atoms with Crippen LogP contribution in [-0.4, -0.2) is 14.5 Å². The molecule has 0 amide bonds. The third kappa shape index (κ3) is 2.97. The average Bonchev–Trinajstić information content (AvgIpc) is 3.02. The molecule has 124 valence electrons. The van der Waals surface area contributed by atoms with Crippen LogP contribution in [0.4, 0.5) is 0 Å². The number of benzene rings is 2. The first-order valence-corrected chi connectivity index (χ1v) is 8.89. The number of rotatable bonds is 3. The van der Waals surface area contributed by atoms with Gasteiger partial charge in [-0.15, -0.1) is 0 Å². The summed E-state index contributed by atoms with van der Waals surface area (Å²) in [6.45, 7) is 0. The molecule has 0 bridgehead atoms. The molecule has 4 rings (SSSR count). The van der Waals surface area contributed by atoms with E-state index < -0.39 is 0 Å². The second-order valence-electron chi connectivity index (χ2n) is 5.64. The number of imidazole rings is 1. The Labute approximate surface area is 153 Å². The van der Waals surface area contributed by atoms with Crippen molar-refractivity contribution >= 4 is 34.3 Å². The Morgan fingerprint density at radius 3 is 2.68 bits per heavy atom. The Kier molecular flexibility index (Phi) is 4.11. The zero-order valence-electron chi connectivity index (χ0n) is 13.4. The number of aromatic nitrogens is 3. The molecule has 0 aliphatic heterocycles. The van der Waals surface area contributed by atoms with E-state index in [1.165, 1.54) is 11.8 Å². The number of hydrogen-bond acceptors (Lipinski definition) is 3. The first kappa shape index (κ1) is 16.0. The Hall–Kier alpha value is -2.50. The normalized spacial score (nSPS) is 11.1. The van der Waals surface area contributed by atoms with Crippen LogP contribution < -0.4 is 5.56 Å². The van der Waals surface area contributed by atoms with Gasteiger partial charge >= 0.3 is 0 Å². The zero-order valence-corrected chi connectivity index (χ0v) is 14.9. The molecule has 0 saturated heterocycles. The molecule has 4 nitrogen and oxygen atoms in total. The van der Waals surface area contributed by atoms with E-state index in [2.05, 4.69) is 9.97 Å². The number of nitrogens with one attached hydrogen (secondary N) is 1. The summed E-state index contributed by atoms with van der Waals surface area (Å²) in [5, 5.41) is 2.30. The van der Waals surface area contributed by atoms with Crippen molar-refractivity contribution in [2.45, 2.75) is 10.1 Å². The molecule has 25 heavy (non-hydrogen) atoms. The highest BCUT2D eigenvalue weighted by Crippen LogP contribution is 2.37. The van der Waals surface area contributed by atoms with Crippen molar-refractivity contribution in [3.8, 4) is 11.1 Å². The topological polar surface area (TPSA) is 50.7 Å². The van der Waals surface area contributed by atoms with E-state index in [0.29, 0.717) is 9.92 Å². The Morgan fingerprint density at radius 2 is 1.96 bits per heavy atom. The maximum atomic E-state index is 12.8. The van der Waals surface area contributed by atoms with Gasteiger partial charge in [-0.25, -0.2) is 4.98 Å². The third-order valence-electron chi connectivity index (χ3n) is 3.97. The monoisotopic (exact) mass is 367 g/mol. The number of hydrogen-bond donors (Lipinski definition) is 1. The number of halogens is 1. The van der Waals surface area contributed by atoms with Crippen LogP contribution in [0.1, 0.15) is 0 Å². The lowest BCUT2D eigenvalue weighted by Gasteiger charge is -2.13. The van der Waals surface area contributed by atoms with Crippen LogP contribution in [0.5, 0.6) is 0 Å². The van der Waals surface area contributed by atoms with E-state index in [1.807, 2.05) is 60.3 Å². The number of nitrogens with zero attached hydrogens (tertiary/aromatic N) is 2. The number of H-pyrrole nitrogens is 1. The highest BCUT2D eigenvalue weighted by Gasteiger charge is 2.17. The van der Waals surface area contributed by atoms with Gasteiger partial charge in [0, 0.05) is 40.9 Å². The fraction of sp³-hybridized carbons (Fsp3) is 0.0526. The molecular weight excluding hydrogens is 354 g/mol. The summed E-state index contributed by atoms with van der Waals surface area (Å²) >= 11 is 7.58. The van der Waals surface area contributed by atoms with Gasteiger partial charge in [0.2, 0.25) is 0 Å². The first-order chi connectivity index (χ1) is 12.1. The Balaban J connectivity index is 2.05. The van der Waals surface area contributed by atoms with Crippen molar-refractivity contribution < 1.29 is 0 Å². The van der Waals surface area contributed by atoms with Crippen molar-refractivity contribution in [1.82, 2.24) is 14.5 Å². The van der Waals surface area contributed by atoms with Crippen molar-refractivity contribution in [3.05, 3.63) is 76.3 Å². The lowest BCUT2D eigenvalue weighted by atomic mass is 10.0. The molecule has 0 radical (unpaired) electrons. The van der Waals surface area contributed by atoms with E-state index in [-0.39, 0.29) is 5.56 Å². The predicted molar refractivity (Wildman–Crippen MR) is 102 cm³/mol. The van der Waals surface area contributed by atoms with Crippen LogP contribution in [0.2, 0.25) is 5.02 Å². The highest BCUT2D eigenvalue weighted by molar-refractivity contribution is 7.99. The average molecular weight is 368 g/mol. The summed E-state index contributed by atoms with van der Waals surface area (Å²) in [7, 11) is 1.91. The molecule has 0 aliphatic carbocycles. The van der Waals surface area contributed by atoms with Crippen molar-refractivity contribution in [2.75, 3.05) is 0 Å². The van der Waals surface area contributed by atoms with Crippen molar-refractivity contribution in [3.63, 3.8) is 0 Å². The molecule has 2 aromatic carbocycles. The maximum Gasteiger partial charge on any atom is 0.263 e. The minimum atomic E-state index is -0.137. The molecule has 1 N–H and O–H groups in total. The fourth-order valence-electron chi connectivity index (χ4n) is 2.78. The summed E-state index contributed by atoms with van der Waals surface area (Å²) in [5.41, 5.74) is 2.46. The van der Waals surface area contributed by atoms with Gasteiger partial charge in [0.25, 0.3) is 5.56 Å². The van der Waals surface area contributed by atoms with Crippen molar-refractivity contribution in [2.24, 2.45) is 7.05 Å². The Bertz CT molecular complexity index is 1120. The largest absolute Gasteiger partial charge is 0.329 e. The van der Waals surface area contributed by atoms with Gasteiger partial charge in [0.05, 0.1) is 4.90 Å². The van der Waals surface area contributed by atoms with Gasteiger partial charge in [0.15, 0.2) is 5.16 Å². The second kappa shape index (κ2) is 6.43.